The fourth-order valence-electron chi connectivity index (χ4n) is 2.61. The van der Waals surface area contributed by atoms with Crippen molar-refractivity contribution in [1.82, 2.24) is 20.1 Å². The number of hydrogen-bond acceptors (Lipinski definition) is 6. The van der Waals surface area contributed by atoms with Crippen molar-refractivity contribution in [3.63, 3.8) is 0 Å². The van der Waals surface area contributed by atoms with Crippen LogP contribution in [0.3, 0.4) is 0 Å². The van der Waals surface area contributed by atoms with Crippen molar-refractivity contribution in [2.45, 2.75) is 6.42 Å². The minimum Gasteiger partial charge on any atom is -0.477 e. The first-order chi connectivity index (χ1) is 12.3. The topological polar surface area (TPSA) is 101 Å². The van der Waals surface area contributed by atoms with Crippen LogP contribution in [0, 0.1) is 11.3 Å². The Morgan fingerprint density at radius 2 is 2.08 bits per heavy atom. The molecule has 4 rings (SSSR count). The molecule has 4 aromatic rings. The number of nitriles is 1. The van der Waals surface area contributed by atoms with E-state index >= 15 is 0 Å². The van der Waals surface area contributed by atoms with Crippen LogP contribution in [0.5, 0.6) is 5.88 Å². The zero-order chi connectivity index (χ0) is 17.1. The molecule has 7 heteroatoms. The van der Waals surface area contributed by atoms with E-state index in [9.17, 15) is 0 Å². The Morgan fingerprint density at radius 3 is 2.88 bits per heavy atom. The standard InChI is InChI=1S/C18H13N5O2/c19-9-13-8-15(23-25-13)14-10-20-17-16(14)18(22-11-21-17)24-7-6-12-4-2-1-3-5-12/h1-5,8,10-11H,6-7H2,(H,20,21,22). The van der Waals surface area contributed by atoms with E-state index in [0.717, 1.165) is 12.0 Å². The van der Waals surface area contributed by atoms with Crippen LogP contribution >= 0.6 is 0 Å². The molecule has 0 saturated heterocycles. The number of fused-ring (bicyclic) bond motifs is 1. The molecule has 0 saturated carbocycles. The highest BCUT2D eigenvalue weighted by atomic mass is 16.5. The Hall–Kier alpha value is -3.66. The number of hydrogen-bond donors (Lipinski definition) is 1. The van der Waals surface area contributed by atoms with E-state index in [1.54, 1.807) is 12.3 Å². The molecule has 3 aromatic heterocycles. The largest absolute Gasteiger partial charge is 0.477 e. The number of benzene rings is 1. The monoisotopic (exact) mass is 331 g/mol. The molecule has 1 N–H and O–H groups in total. The third kappa shape index (κ3) is 2.93. The number of nitrogens with zero attached hydrogens (tertiary/aromatic N) is 4. The Balaban J connectivity index is 1.62. The number of aromatic amines is 1. The predicted octanol–water partition coefficient (Wildman–Crippen LogP) is 3.11. The van der Waals surface area contributed by atoms with Gasteiger partial charge in [0, 0.05) is 24.2 Å². The van der Waals surface area contributed by atoms with Crippen LogP contribution in [0.1, 0.15) is 11.3 Å². The second-order valence-corrected chi connectivity index (χ2v) is 5.38. The molecule has 3 heterocycles. The molecule has 7 nitrogen and oxygen atoms in total. The number of rotatable bonds is 5. The van der Waals surface area contributed by atoms with Gasteiger partial charge in [-0.05, 0) is 5.56 Å². The zero-order valence-corrected chi connectivity index (χ0v) is 13.1. The average molecular weight is 331 g/mol. The zero-order valence-electron chi connectivity index (χ0n) is 13.1. The lowest BCUT2D eigenvalue weighted by atomic mass is 10.1. The van der Waals surface area contributed by atoms with Gasteiger partial charge in [0.25, 0.3) is 0 Å². The smallest absolute Gasteiger partial charge is 0.236 e. The summed E-state index contributed by atoms with van der Waals surface area (Å²) in [6, 6.07) is 13.6. The van der Waals surface area contributed by atoms with E-state index in [1.807, 2.05) is 24.3 Å². The number of nitrogens with one attached hydrogen (secondary N) is 1. The fraction of sp³-hybridized carbons (Fsp3) is 0.111. The van der Waals surface area contributed by atoms with Crippen molar-refractivity contribution in [2.24, 2.45) is 0 Å². The second-order valence-electron chi connectivity index (χ2n) is 5.38. The van der Waals surface area contributed by atoms with Crippen molar-refractivity contribution in [2.75, 3.05) is 6.61 Å². The van der Waals surface area contributed by atoms with E-state index in [0.29, 0.717) is 29.2 Å². The van der Waals surface area contributed by atoms with Gasteiger partial charge in [0.1, 0.15) is 23.7 Å². The van der Waals surface area contributed by atoms with Crippen LogP contribution in [0.25, 0.3) is 22.3 Å². The lowest BCUT2D eigenvalue weighted by molar-refractivity contribution is 0.313. The number of H-pyrrole nitrogens is 1. The summed E-state index contributed by atoms with van der Waals surface area (Å²) in [4.78, 5) is 11.5. The highest BCUT2D eigenvalue weighted by molar-refractivity contribution is 5.96. The van der Waals surface area contributed by atoms with Crippen molar-refractivity contribution in [3.05, 3.63) is 60.2 Å². The van der Waals surface area contributed by atoms with Gasteiger partial charge in [-0.15, -0.1) is 0 Å². The van der Waals surface area contributed by atoms with Gasteiger partial charge in [-0.25, -0.2) is 9.97 Å². The molecule has 122 valence electrons. The molecular weight excluding hydrogens is 318 g/mol. The van der Waals surface area contributed by atoms with E-state index in [1.165, 1.54) is 11.9 Å². The van der Waals surface area contributed by atoms with Crippen LogP contribution in [0.4, 0.5) is 0 Å². The first kappa shape index (κ1) is 14.9. The van der Waals surface area contributed by atoms with Gasteiger partial charge >= 0.3 is 0 Å². The van der Waals surface area contributed by atoms with Crippen LogP contribution < -0.4 is 4.74 Å². The summed E-state index contributed by atoms with van der Waals surface area (Å²) in [5.41, 5.74) is 3.10. The molecule has 0 fully saturated rings. The Bertz CT molecular complexity index is 1050. The van der Waals surface area contributed by atoms with E-state index in [2.05, 4.69) is 32.2 Å². The first-order valence-electron chi connectivity index (χ1n) is 7.71. The summed E-state index contributed by atoms with van der Waals surface area (Å²) in [6.07, 6.45) is 3.97. The molecule has 25 heavy (non-hydrogen) atoms. The quantitative estimate of drug-likeness (QED) is 0.603. The third-order valence-corrected chi connectivity index (χ3v) is 3.80. The molecule has 0 aliphatic rings. The second kappa shape index (κ2) is 6.45. The summed E-state index contributed by atoms with van der Waals surface area (Å²) in [6.45, 7) is 0.489. The van der Waals surface area contributed by atoms with Gasteiger partial charge in [0.05, 0.1) is 12.0 Å². The summed E-state index contributed by atoms with van der Waals surface area (Å²) in [7, 11) is 0. The summed E-state index contributed by atoms with van der Waals surface area (Å²) >= 11 is 0. The molecule has 0 spiro atoms. The maximum Gasteiger partial charge on any atom is 0.236 e. The molecule has 0 atom stereocenters. The molecule has 0 unspecified atom stereocenters. The first-order valence-corrected chi connectivity index (χ1v) is 7.71. The van der Waals surface area contributed by atoms with Crippen LogP contribution in [0.2, 0.25) is 0 Å². The minimum absolute atomic E-state index is 0.146. The normalized spacial score (nSPS) is 10.7. The molecule has 0 radical (unpaired) electrons. The third-order valence-electron chi connectivity index (χ3n) is 3.80. The lowest BCUT2D eigenvalue weighted by Crippen LogP contribution is -2.03. The van der Waals surface area contributed by atoms with Crippen molar-refractivity contribution in [1.29, 1.82) is 5.26 Å². The maximum absolute atomic E-state index is 8.90. The highest BCUT2D eigenvalue weighted by Crippen LogP contribution is 2.32. The Kier molecular flexibility index (Phi) is 3.85. The van der Waals surface area contributed by atoms with E-state index < -0.39 is 0 Å². The van der Waals surface area contributed by atoms with Crippen molar-refractivity contribution < 1.29 is 9.26 Å². The summed E-state index contributed by atoms with van der Waals surface area (Å²) < 4.78 is 10.8. The van der Waals surface area contributed by atoms with Gasteiger partial charge < -0.3 is 14.2 Å². The van der Waals surface area contributed by atoms with Crippen LogP contribution in [-0.4, -0.2) is 26.7 Å². The van der Waals surface area contributed by atoms with Crippen LogP contribution in [0.15, 0.2) is 53.4 Å². The Labute approximate surface area is 142 Å². The number of aromatic nitrogens is 4. The van der Waals surface area contributed by atoms with Gasteiger partial charge in [-0.2, -0.15) is 5.26 Å². The summed E-state index contributed by atoms with van der Waals surface area (Å²) in [5.74, 6) is 0.617. The van der Waals surface area contributed by atoms with Crippen molar-refractivity contribution >= 4 is 11.0 Å². The Morgan fingerprint density at radius 1 is 1.20 bits per heavy atom. The molecule has 0 aliphatic carbocycles. The van der Waals surface area contributed by atoms with E-state index in [-0.39, 0.29) is 5.76 Å². The molecule has 1 aromatic carbocycles. The average Bonchev–Trinajstić information content (AvgIpc) is 3.29. The molecular formula is C18H13N5O2. The molecule has 0 aliphatic heterocycles. The number of ether oxygens (including phenoxy) is 1. The van der Waals surface area contributed by atoms with Gasteiger partial charge in [0.2, 0.25) is 11.6 Å². The van der Waals surface area contributed by atoms with Gasteiger partial charge in [-0.3, -0.25) is 0 Å². The summed E-state index contributed by atoms with van der Waals surface area (Å²) in [5, 5.41) is 13.5. The molecule has 0 amide bonds. The van der Waals surface area contributed by atoms with Crippen molar-refractivity contribution in [3.8, 4) is 23.2 Å². The predicted molar refractivity (Wildman–Crippen MR) is 89.7 cm³/mol. The molecule has 0 bridgehead atoms. The SMILES string of the molecule is N#Cc1cc(-c2c[nH]c3ncnc(OCCc4ccccc4)c23)no1. The fourth-order valence-corrected chi connectivity index (χ4v) is 2.61. The lowest BCUT2D eigenvalue weighted by Gasteiger charge is -2.07. The maximum atomic E-state index is 8.90. The minimum atomic E-state index is 0.146. The van der Waals surface area contributed by atoms with Crippen LogP contribution in [-0.2, 0) is 6.42 Å². The van der Waals surface area contributed by atoms with Gasteiger partial charge in [-0.1, -0.05) is 35.5 Å². The van der Waals surface area contributed by atoms with E-state index in [4.69, 9.17) is 14.5 Å². The van der Waals surface area contributed by atoms with Gasteiger partial charge in [0.15, 0.2) is 0 Å². The highest BCUT2D eigenvalue weighted by Gasteiger charge is 2.17.